The normalized spacial score (nSPS) is 12.4. The Labute approximate surface area is 205 Å². The van der Waals surface area contributed by atoms with Crippen LogP contribution in [-0.2, 0) is 21.4 Å². The van der Waals surface area contributed by atoms with Gasteiger partial charge in [-0.2, -0.15) is 0 Å². The average molecular weight is 490 g/mol. The molecule has 0 saturated heterocycles. The average Bonchev–Trinajstić information content (AvgIpc) is 2.86. The van der Waals surface area contributed by atoms with Gasteiger partial charge in [0.15, 0.2) is 0 Å². The predicted octanol–water partition coefficient (Wildman–Crippen LogP) is 4.19. The molecular weight excluding hydrogens is 462 g/mol. The van der Waals surface area contributed by atoms with Crippen LogP contribution < -0.4 is 10.5 Å². The number of aryl methyl sites for hydroxylation is 2. The van der Waals surface area contributed by atoms with Crippen molar-refractivity contribution in [3.05, 3.63) is 107 Å². The summed E-state index contributed by atoms with van der Waals surface area (Å²) >= 11 is 0. The minimum absolute atomic E-state index is 0.0811. The lowest BCUT2D eigenvalue weighted by molar-refractivity contribution is 0.0472. The lowest BCUT2D eigenvalue weighted by Gasteiger charge is -2.18. The number of nitrogens with zero attached hydrogens (tertiary/aromatic N) is 1. The monoisotopic (exact) mass is 489 g/mol. The number of aromatic nitrogens is 1. The number of hydrogen-bond acceptors (Lipinski definition) is 6. The second-order valence-electron chi connectivity index (χ2n) is 8.43. The summed E-state index contributed by atoms with van der Waals surface area (Å²) in [6.45, 7) is 4.04. The molecule has 4 aromatic rings. The van der Waals surface area contributed by atoms with E-state index in [1.807, 2.05) is 26.0 Å². The zero-order chi connectivity index (χ0) is 25.0. The summed E-state index contributed by atoms with van der Waals surface area (Å²) < 4.78 is 34.2. The Morgan fingerprint density at radius 1 is 1.00 bits per heavy atom. The largest absolute Gasteiger partial charge is 0.457 e. The van der Waals surface area contributed by atoms with Crippen molar-refractivity contribution in [2.75, 3.05) is 6.54 Å². The number of benzene rings is 3. The maximum Gasteiger partial charge on any atom is 0.338 e. The molecule has 0 spiro atoms. The molecule has 3 aromatic carbocycles. The van der Waals surface area contributed by atoms with Crippen molar-refractivity contribution in [2.24, 2.45) is 5.73 Å². The fourth-order valence-corrected chi connectivity index (χ4v) is 5.12. The number of nitrogens with one attached hydrogen (secondary N) is 1. The lowest BCUT2D eigenvalue weighted by atomic mass is 10.1. The third-order valence-electron chi connectivity index (χ3n) is 5.81. The number of hydrogen-bond donors (Lipinski definition) is 2. The van der Waals surface area contributed by atoms with E-state index in [-0.39, 0.29) is 24.0 Å². The molecule has 0 aliphatic carbocycles. The summed E-state index contributed by atoms with van der Waals surface area (Å²) in [6, 6.07) is 18.8. The zero-order valence-corrected chi connectivity index (χ0v) is 20.4. The van der Waals surface area contributed by atoms with Gasteiger partial charge in [0, 0.05) is 24.3 Å². The minimum atomic E-state index is -3.80. The molecule has 180 valence electrons. The van der Waals surface area contributed by atoms with E-state index in [1.165, 1.54) is 0 Å². The van der Waals surface area contributed by atoms with Gasteiger partial charge in [-0.05, 0) is 60.2 Å². The van der Waals surface area contributed by atoms with Crippen LogP contribution in [0.15, 0.2) is 84.0 Å². The molecular formula is C27H27N3O4S. The summed E-state index contributed by atoms with van der Waals surface area (Å²) in [6.07, 6.45) is 3.30. The third kappa shape index (κ3) is 5.74. The lowest BCUT2D eigenvalue weighted by Crippen LogP contribution is -2.33. The molecule has 0 bridgehead atoms. The first-order valence-corrected chi connectivity index (χ1v) is 12.6. The maximum atomic E-state index is 13.0. The Morgan fingerprint density at radius 3 is 2.49 bits per heavy atom. The van der Waals surface area contributed by atoms with Crippen LogP contribution in [-0.4, -0.2) is 25.9 Å². The molecule has 4 rings (SSSR count). The fourth-order valence-electron chi connectivity index (χ4n) is 3.85. The van der Waals surface area contributed by atoms with Crippen LogP contribution in [0.5, 0.6) is 0 Å². The minimum Gasteiger partial charge on any atom is -0.457 e. The molecule has 1 atom stereocenters. The smallest absolute Gasteiger partial charge is 0.338 e. The summed E-state index contributed by atoms with van der Waals surface area (Å²) in [5, 5.41) is 1.64. The van der Waals surface area contributed by atoms with Crippen molar-refractivity contribution < 1.29 is 17.9 Å². The molecule has 8 heteroatoms. The van der Waals surface area contributed by atoms with Gasteiger partial charge in [-0.15, -0.1) is 0 Å². The van der Waals surface area contributed by atoms with Gasteiger partial charge >= 0.3 is 5.97 Å². The molecule has 1 unspecified atom stereocenters. The molecule has 0 amide bonds. The first-order chi connectivity index (χ1) is 16.8. The van der Waals surface area contributed by atoms with E-state index < -0.39 is 16.1 Å². The topological polar surface area (TPSA) is 111 Å². The van der Waals surface area contributed by atoms with Crippen molar-refractivity contribution in [1.29, 1.82) is 0 Å². The van der Waals surface area contributed by atoms with Crippen molar-refractivity contribution in [3.8, 4) is 0 Å². The highest BCUT2D eigenvalue weighted by Crippen LogP contribution is 2.21. The maximum absolute atomic E-state index is 13.0. The van der Waals surface area contributed by atoms with E-state index in [0.29, 0.717) is 11.1 Å². The second kappa shape index (κ2) is 10.4. The van der Waals surface area contributed by atoms with Gasteiger partial charge in [0.2, 0.25) is 10.0 Å². The molecule has 35 heavy (non-hydrogen) atoms. The Kier molecular flexibility index (Phi) is 7.25. The number of pyridine rings is 1. The number of sulfonamides is 1. The zero-order valence-electron chi connectivity index (χ0n) is 19.6. The van der Waals surface area contributed by atoms with Crippen molar-refractivity contribution >= 4 is 26.8 Å². The molecule has 0 aliphatic heterocycles. The number of ether oxygens (including phenoxy) is 1. The fraction of sp³-hybridized carbons (Fsp3) is 0.185. The van der Waals surface area contributed by atoms with E-state index in [0.717, 1.165) is 27.5 Å². The molecule has 0 aliphatic rings. The number of carbonyl (C=O) groups is 1. The van der Waals surface area contributed by atoms with Gasteiger partial charge in [0.25, 0.3) is 0 Å². The van der Waals surface area contributed by atoms with Crippen LogP contribution in [0.25, 0.3) is 10.8 Å². The van der Waals surface area contributed by atoms with E-state index in [4.69, 9.17) is 10.5 Å². The van der Waals surface area contributed by atoms with Crippen molar-refractivity contribution in [1.82, 2.24) is 9.71 Å². The van der Waals surface area contributed by atoms with Crippen LogP contribution in [0.2, 0.25) is 0 Å². The highest BCUT2D eigenvalue weighted by atomic mass is 32.2. The van der Waals surface area contributed by atoms with Gasteiger partial charge in [0.1, 0.15) is 6.61 Å². The molecule has 1 aromatic heterocycles. The number of rotatable bonds is 8. The van der Waals surface area contributed by atoms with Crippen LogP contribution in [0.1, 0.15) is 38.7 Å². The standard InChI is InChI=1S/C27H27N3O4S/c1-18-3-10-25(19(2)13-18)27(31)34-17-20-4-6-21(7-5-20)26(15-28)30-35(32,33)24-9-8-23-16-29-12-11-22(23)14-24/h3-14,16,26,30H,15,17,28H2,1-2H3. The molecule has 7 nitrogen and oxygen atoms in total. The number of nitrogens with two attached hydrogens (primary N) is 1. The summed E-state index contributed by atoms with van der Waals surface area (Å²) in [7, 11) is -3.80. The predicted molar refractivity (Wildman–Crippen MR) is 135 cm³/mol. The van der Waals surface area contributed by atoms with Crippen LogP contribution >= 0.6 is 0 Å². The van der Waals surface area contributed by atoms with Gasteiger partial charge in [-0.3, -0.25) is 4.98 Å². The summed E-state index contributed by atoms with van der Waals surface area (Å²) in [5.41, 5.74) is 9.89. The Balaban J connectivity index is 1.43. The second-order valence-corrected chi connectivity index (χ2v) is 10.1. The summed E-state index contributed by atoms with van der Waals surface area (Å²) in [5.74, 6) is -0.384. The Hall–Kier alpha value is -3.59. The van der Waals surface area contributed by atoms with E-state index in [2.05, 4.69) is 9.71 Å². The number of carbonyl (C=O) groups excluding carboxylic acids is 1. The highest BCUT2D eigenvalue weighted by Gasteiger charge is 2.21. The molecule has 0 fully saturated rings. The van der Waals surface area contributed by atoms with E-state index in [9.17, 15) is 13.2 Å². The van der Waals surface area contributed by atoms with Crippen LogP contribution in [0, 0.1) is 13.8 Å². The summed E-state index contributed by atoms with van der Waals surface area (Å²) in [4.78, 5) is 16.6. The van der Waals surface area contributed by atoms with Gasteiger partial charge < -0.3 is 10.5 Å². The van der Waals surface area contributed by atoms with Crippen LogP contribution in [0.3, 0.4) is 0 Å². The Morgan fingerprint density at radius 2 is 1.77 bits per heavy atom. The molecule has 0 saturated carbocycles. The first-order valence-electron chi connectivity index (χ1n) is 11.2. The van der Waals surface area contributed by atoms with Crippen molar-refractivity contribution in [2.45, 2.75) is 31.4 Å². The number of fused-ring (bicyclic) bond motifs is 1. The molecule has 1 heterocycles. The molecule has 3 N–H and O–H groups in total. The van der Waals surface area contributed by atoms with E-state index in [1.54, 1.807) is 67.0 Å². The van der Waals surface area contributed by atoms with Gasteiger partial charge in [0.05, 0.1) is 16.5 Å². The SMILES string of the molecule is Cc1ccc(C(=O)OCc2ccc(C(CN)NS(=O)(=O)c3ccc4cnccc4c3)cc2)c(C)c1. The van der Waals surface area contributed by atoms with Crippen molar-refractivity contribution in [3.63, 3.8) is 0 Å². The van der Waals surface area contributed by atoms with E-state index >= 15 is 0 Å². The number of esters is 1. The highest BCUT2D eigenvalue weighted by molar-refractivity contribution is 7.89. The quantitative estimate of drug-likeness (QED) is 0.359. The first kappa shape index (κ1) is 24.5. The Bertz CT molecular complexity index is 1470. The van der Waals surface area contributed by atoms with Gasteiger partial charge in [-0.25, -0.2) is 17.9 Å². The molecule has 0 radical (unpaired) electrons. The third-order valence-corrected chi connectivity index (χ3v) is 7.28. The van der Waals surface area contributed by atoms with Gasteiger partial charge in [-0.1, -0.05) is 48.0 Å². The van der Waals surface area contributed by atoms with Crippen LogP contribution in [0.4, 0.5) is 0 Å².